The highest BCUT2D eigenvalue weighted by atomic mass is 32.1. The van der Waals surface area contributed by atoms with Crippen molar-refractivity contribution in [3.8, 4) is 11.8 Å². The molecule has 0 radical (unpaired) electrons. The second kappa shape index (κ2) is 3.87. The molecule has 2 rings (SSSR count). The second-order valence-corrected chi connectivity index (χ2v) is 4.01. The van der Waals surface area contributed by atoms with E-state index in [0.717, 1.165) is 4.88 Å². The van der Waals surface area contributed by atoms with E-state index >= 15 is 0 Å². The third-order valence-corrected chi connectivity index (χ3v) is 2.91. The predicted molar refractivity (Wildman–Crippen MR) is 62.6 cm³/mol. The summed E-state index contributed by atoms with van der Waals surface area (Å²) in [7, 11) is 0. The Morgan fingerprint density at radius 1 is 1.31 bits per heavy atom. The third-order valence-electron chi connectivity index (χ3n) is 1.72. The Bertz CT molecular complexity index is 438. The van der Waals surface area contributed by atoms with Crippen LogP contribution in [-0.4, -0.2) is 5.75 Å². The highest BCUT2D eigenvalue weighted by Gasteiger charge is 1.96. The smallest absolute Gasteiger partial charge is 0.0781 e. The van der Waals surface area contributed by atoms with E-state index < -0.39 is 0 Å². The van der Waals surface area contributed by atoms with Crippen molar-refractivity contribution in [2.45, 2.75) is 0 Å². The lowest BCUT2D eigenvalue weighted by Gasteiger charge is -1.82. The molecule has 2 heteroatoms. The number of fused-ring (bicyclic) bond motifs is 1. The highest BCUT2D eigenvalue weighted by molar-refractivity contribution is 7.80. The van der Waals surface area contributed by atoms with Crippen molar-refractivity contribution in [2.75, 3.05) is 5.75 Å². The lowest BCUT2D eigenvalue weighted by molar-refractivity contribution is 1.84. The minimum atomic E-state index is 0.619. The van der Waals surface area contributed by atoms with Crippen molar-refractivity contribution in [2.24, 2.45) is 0 Å². The molecule has 0 fully saturated rings. The van der Waals surface area contributed by atoms with E-state index in [0.29, 0.717) is 5.75 Å². The summed E-state index contributed by atoms with van der Waals surface area (Å²) in [6, 6.07) is 10.4. The van der Waals surface area contributed by atoms with Gasteiger partial charge in [0.15, 0.2) is 0 Å². The lowest BCUT2D eigenvalue weighted by atomic mass is 10.2. The fourth-order valence-corrected chi connectivity index (χ4v) is 2.19. The Kier molecular flexibility index (Phi) is 2.58. The van der Waals surface area contributed by atoms with Crippen LogP contribution in [-0.2, 0) is 0 Å². The summed E-state index contributed by atoms with van der Waals surface area (Å²) in [4.78, 5) is 1.12. The van der Waals surface area contributed by atoms with Gasteiger partial charge in [-0.1, -0.05) is 30.0 Å². The maximum absolute atomic E-state index is 4.04. The fourth-order valence-electron chi connectivity index (χ4n) is 1.17. The van der Waals surface area contributed by atoms with Gasteiger partial charge in [0.25, 0.3) is 0 Å². The zero-order valence-electron chi connectivity index (χ0n) is 6.95. The zero-order valence-corrected chi connectivity index (χ0v) is 8.66. The normalized spacial score (nSPS) is 9.62. The third kappa shape index (κ3) is 1.88. The molecule has 64 valence electrons. The summed E-state index contributed by atoms with van der Waals surface area (Å²) >= 11 is 5.77. The molecule has 0 saturated carbocycles. The average molecular weight is 204 g/mol. The first-order valence-electron chi connectivity index (χ1n) is 3.98. The number of hydrogen-bond donors (Lipinski definition) is 1. The van der Waals surface area contributed by atoms with Crippen LogP contribution in [0.15, 0.2) is 30.3 Å². The number of rotatable bonds is 0. The molecule has 0 nitrogen and oxygen atoms in total. The van der Waals surface area contributed by atoms with Gasteiger partial charge in [0.05, 0.1) is 10.6 Å². The van der Waals surface area contributed by atoms with Crippen LogP contribution in [0.5, 0.6) is 0 Å². The number of benzene rings is 1. The topological polar surface area (TPSA) is 0 Å². The molecular weight excluding hydrogens is 196 g/mol. The largest absolute Gasteiger partial charge is 0.166 e. The molecular formula is C11H8S2. The number of thiophene rings is 1. The molecule has 0 N–H and O–H groups in total. The van der Waals surface area contributed by atoms with E-state index in [-0.39, 0.29) is 0 Å². The van der Waals surface area contributed by atoms with Crippen molar-refractivity contribution in [1.29, 1.82) is 0 Å². The minimum Gasteiger partial charge on any atom is -0.166 e. The van der Waals surface area contributed by atoms with Crippen LogP contribution in [0.4, 0.5) is 0 Å². The van der Waals surface area contributed by atoms with Crippen LogP contribution in [0.1, 0.15) is 4.88 Å². The van der Waals surface area contributed by atoms with Crippen LogP contribution >= 0.6 is 24.0 Å². The van der Waals surface area contributed by atoms with Crippen LogP contribution in [0.2, 0.25) is 0 Å². The van der Waals surface area contributed by atoms with Gasteiger partial charge in [-0.3, -0.25) is 0 Å². The summed E-state index contributed by atoms with van der Waals surface area (Å²) in [6.45, 7) is 0. The maximum Gasteiger partial charge on any atom is 0.0781 e. The first-order valence-corrected chi connectivity index (χ1v) is 5.43. The van der Waals surface area contributed by atoms with Gasteiger partial charge in [-0.25, -0.2) is 0 Å². The fraction of sp³-hybridized carbons (Fsp3) is 0.0909. The maximum atomic E-state index is 4.04. The van der Waals surface area contributed by atoms with Gasteiger partial charge in [-0.2, -0.15) is 12.6 Å². The van der Waals surface area contributed by atoms with Crippen molar-refractivity contribution < 1.29 is 0 Å². The van der Waals surface area contributed by atoms with E-state index in [2.05, 4.69) is 48.7 Å². The van der Waals surface area contributed by atoms with Gasteiger partial charge in [-0.05, 0) is 17.5 Å². The summed E-state index contributed by atoms with van der Waals surface area (Å²) < 4.78 is 1.30. The molecule has 0 spiro atoms. The molecule has 0 saturated heterocycles. The summed E-state index contributed by atoms with van der Waals surface area (Å²) in [5, 5.41) is 1.27. The molecule has 0 aliphatic carbocycles. The molecule has 2 aromatic rings. The molecule has 0 bridgehead atoms. The van der Waals surface area contributed by atoms with Gasteiger partial charge < -0.3 is 0 Å². The van der Waals surface area contributed by atoms with E-state index in [1.807, 2.05) is 6.07 Å². The van der Waals surface area contributed by atoms with E-state index in [4.69, 9.17) is 0 Å². The Hall–Kier alpha value is -0.910. The Morgan fingerprint density at radius 3 is 2.92 bits per heavy atom. The van der Waals surface area contributed by atoms with E-state index in [1.54, 1.807) is 11.3 Å². The Labute approximate surface area is 87.0 Å². The summed E-state index contributed by atoms with van der Waals surface area (Å²) in [5.41, 5.74) is 0. The van der Waals surface area contributed by atoms with Crippen LogP contribution < -0.4 is 0 Å². The van der Waals surface area contributed by atoms with Gasteiger partial charge >= 0.3 is 0 Å². The monoisotopic (exact) mass is 204 g/mol. The minimum absolute atomic E-state index is 0.619. The van der Waals surface area contributed by atoms with Crippen LogP contribution in [0.25, 0.3) is 10.1 Å². The molecule has 0 aliphatic rings. The molecule has 1 aromatic carbocycles. The molecule has 1 heterocycles. The standard InChI is InChI=1S/C11H8S2/c12-7-3-5-10-8-9-4-1-2-6-11(9)13-10/h1-2,4,6,8,12H,7H2. The van der Waals surface area contributed by atoms with E-state index in [1.165, 1.54) is 10.1 Å². The Balaban J connectivity index is 2.50. The molecule has 13 heavy (non-hydrogen) atoms. The Morgan fingerprint density at radius 2 is 2.15 bits per heavy atom. The summed E-state index contributed by atoms with van der Waals surface area (Å²) in [5.74, 6) is 6.65. The van der Waals surface area contributed by atoms with Crippen molar-refractivity contribution in [3.05, 3.63) is 35.2 Å². The van der Waals surface area contributed by atoms with Crippen molar-refractivity contribution in [1.82, 2.24) is 0 Å². The van der Waals surface area contributed by atoms with Gasteiger partial charge in [-0.15, -0.1) is 11.3 Å². The molecule has 1 aromatic heterocycles. The van der Waals surface area contributed by atoms with Crippen molar-refractivity contribution >= 4 is 34.1 Å². The SMILES string of the molecule is SCC#Cc1cc2ccccc2s1. The molecule has 0 atom stereocenters. The lowest BCUT2D eigenvalue weighted by Crippen LogP contribution is -1.62. The van der Waals surface area contributed by atoms with Crippen LogP contribution in [0.3, 0.4) is 0 Å². The molecule has 0 unspecified atom stereocenters. The second-order valence-electron chi connectivity index (χ2n) is 2.61. The van der Waals surface area contributed by atoms with E-state index in [9.17, 15) is 0 Å². The molecule has 0 aliphatic heterocycles. The number of hydrogen-bond acceptors (Lipinski definition) is 2. The zero-order chi connectivity index (χ0) is 9.10. The first-order chi connectivity index (χ1) is 6.40. The summed E-state index contributed by atoms with van der Waals surface area (Å²) in [6.07, 6.45) is 0. The van der Waals surface area contributed by atoms with Gasteiger partial charge in [0.1, 0.15) is 0 Å². The van der Waals surface area contributed by atoms with Gasteiger partial charge in [0.2, 0.25) is 0 Å². The highest BCUT2D eigenvalue weighted by Crippen LogP contribution is 2.24. The van der Waals surface area contributed by atoms with Crippen molar-refractivity contribution in [3.63, 3.8) is 0 Å². The molecule has 0 amide bonds. The average Bonchev–Trinajstić information content (AvgIpc) is 2.57. The van der Waals surface area contributed by atoms with Gasteiger partial charge in [0, 0.05) is 4.70 Å². The predicted octanol–water partition coefficient (Wildman–Crippen LogP) is 3.18. The quantitative estimate of drug-likeness (QED) is 0.494. The number of thiol groups is 1. The van der Waals surface area contributed by atoms with Crippen LogP contribution in [0, 0.1) is 11.8 Å². The first kappa shape index (κ1) is 8.68.